The molecule has 0 saturated heterocycles. The van der Waals surface area contributed by atoms with Crippen LogP contribution in [0.25, 0.3) is 0 Å². The van der Waals surface area contributed by atoms with Gasteiger partial charge in [-0.1, -0.05) is 12.8 Å². The molecule has 1 nitrogen and oxygen atoms in total. The molecule has 0 atom stereocenters. The SMILES string of the molecule is OC1(c2sccc2Br)CCC2(CCCC2)CC1. The maximum atomic E-state index is 10.8. The van der Waals surface area contributed by atoms with Gasteiger partial charge in [0.2, 0.25) is 0 Å². The van der Waals surface area contributed by atoms with E-state index in [-0.39, 0.29) is 0 Å². The highest BCUT2D eigenvalue weighted by Crippen LogP contribution is 2.54. The van der Waals surface area contributed by atoms with Crippen LogP contribution in [0.1, 0.15) is 56.2 Å². The maximum absolute atomic E-state index is 10.8. The third-order valence-electron chi connectivity index (χ3n) is 4.84. The minimum Gasteiger partial charge on any atom is -0.384 e. The lowest BCUT2D eigenvalue weighted by Crippen LogP contribution is -2.35. The Morgan fingerprint density at radius 1 is 1.06 bits per heavy atom. The predicted octanol–water partition coefficient (Wildman–Crippen LogP) is 4.83. The van der Waals surface area contributed by atoms with Crippen molar-refractivity contribution < 1.29 is 5.11 Å². The van der Waals surface area contributed by atoms with Crippen LogP contribution >= 0.6 is 27.3 Å². The molecule has 1 aromatic heterocycles. The highest BCUT2D eigenvalue weighted by molar-refractivity contribution is 9.10. The molecular weight excluding hydrogens is 296 g/mol. The molecule has 0 bridgehead atoms. The van der Waals surface area contributed by atoms with Crippen molar-refractivity contribution >= 4 is 27.3 Å². The lowest BCUT2D eigenvalue weighted by Gasteiger charge is -2.42. The van der Waals surface area contributed by atoms with Crippen molar-refractivity contribution in [2.45, 2.75) is 57.0 Å². The summed E-state index contributed by atoms with van der Waals surface area (Å²) in [4.78, 5) is 1.14. The molecule has 1 spiro atoms. The van der Waals surface area contributed by atoms with Gasteiger partial charge in [0.05, 0.1) is 10.5 Å². The van der Waals surface area contributed by atoms with E-state index < -0.39 is 5.60 Å². The Labute approximate surface area is 115 Å². The van der Waals surface area contributed by atoms with Crippen LogP contribution in [0.15, 0.2) is 15.9 Å². The summed E-state index contributed by atoms with van der Waals surface area (Å²) in [5, 5.41) is 12.9. The smallest absolute Gasteiger partial charge is 0.0999 e. The summed E-state index contributed by atoms with van der Waals surface area (Å²) in [6.45, 7) is 0. The second-order valence-electron chi connectivity index (χ2n) is 5.84. The van der Waals surface area contributed by atoms with Crippen molar-refractivity contribution in [1.82, 2.24) is 0 Å². The van der Waals surface area contributed by atoms with Crippen molar-refractivity contribution in [3.63, 3.8) is 0 Å². The van der Waals surface area contributed by atoms with Crippen LogP contribution in [0.4, 0.5) is 0 Å². The van der Waals surface area contributed by atoms with E-state index in [0.29, 0.717) is 5.41 Å². The van der Waals surface area contributed by atoms with Crippen LogP contribution < -0.4 is 0 Å². The molecule has 1 heterocycles. The fourth-order valence-electron chi connectivity index (χ4n) is 3.67. The third-order valence-corrected chi connectivity index (χ3v) is 6.87. The molecule has 3 heteroatoms. The second-order valence-corrected chi connectivity index (χ2v) is 7.61. The number of halogens is 1. The second kappa shape index (κ2) is 4.36. The van der Waals surface area contributed by atoms with E-state index in [4.69, 9.17) is 0 Å². The summed E-state index contributed by atoms with van der Waals surface area (Å²) in [5.74, 6) is 0. The quantitative estimate of drug-likeness (QED) is 0.787. The minimum atomic E-state index is -0.555. The molecular formula is C14H19BrOS. The summed E-state index contributed by atoms with van der Waals surface area (Å²) < 4.78 is 1.09. The first-order chi connectivity index (χ1) is 8.14. The summed E-state index contributed by atoms with van der Waals surface area (Å²) in [7, 11) is 0. The van der Waals surface area contributed by atoms with Gasteiger partial charge in [-0.2, -0.15) is 0 Å². The van der Waals surface area contributed by atoms with Crippen LogP contribution in [0.2, 0.25) is 0 Å². The van der Waals surface area contributed by atoms with E-state index in [1.807, 2.05) is 0 Å². The Bertz CT molecular complexity index is 396. The van der Waals surface area contributed by atoms with Gasteiger partial charge >= 0.3 is 0 Å². The van der Waals surface area contributed by atoms with E-state index in [9.17, 15) is 5.11 Å². The van der Waals surface area contributed by atoms with E-state index >= 15 is 0 Å². The fourth-order valence-corrected chi connectivity index (χ4v) is 5.57. The van der Waals surface area contributed by atoms with Crippen LogP contribution in [-0.2, 0) is 5.60 Å². The molecule has 0 aromatic carbocycles. The van der Waals surface area contributed by atoms with Crippen LogP contribution in [0, 0.1) is 5.41 Å². The molecule has 0 unspecified atom stereocenters. The Hall–Kier alpha value is 0.140. The molecule has 1 N–H and O–H groups in total. The van der Waals surface area contributed by atoms with E-state index in [0.717, 1.165) is 22.2 Å². The molecule has 2 aliphatic carbocycles. The highest BCUT2D eigenvalue weighted by Gasteiger charge is 2.44. The van der Waals surface area contributed by atoms with Gasteiger partial charge in [-0.3, -0.25) is 0 Å². The van der Waals surface area contributed by atoms with Crippen molar-refractivity contribution in [1.29, 1.82) is 0 Å². The van der Waals surface area contributed by atoms with Gasteiger partial charge in [0, 0.05) is 4.47 Å². The zero-order valence-corrected chi connectivity index (χ0v) is 12.4. The zero-order valence-electron chi connectivity index (χ0n) is 10.0. The van der Waals surface area contributed by atoms with Crippen molar-refractivity contribution in [2.24, 2.45) is 5.41 Å². The van der Waals surface area contributed by atoms with Gasteiger partial charge in [0.15, 0.2) is 0 Å². The first kappa shape index (κ1) is 12.2. The molecule has 0 radical (unpaired) electrons. The summed E-state index contributed by atoms with van der Waals surface area (Å²) in [6.07, 6.45) is 9.94. The topological polar surface area (TPSA) is 20.2 Å². The lowest BCUT2D eigenvalue weighted by atomic mass is 9.67. The number of aliphatic hydroxyl groups is 1. The molecule has 17 heavy (non-hydrogen) atoms. The molecule has 0 aliphatic heterocycles. The van der Waals surface area contributed by atoms with Crippen molar-refractivity contribution in [3.8, 4) is 0 Å². The standard InChI is InChI=1S/C14H19BrOS/c15-11-3-10-17-12(11)14(16)8-6-13(7-9-14)4-1-2-5-13/h3,10,16H,1-2,4-9H2. The number of rotatable bonds is 1. The molecule has 94 valence electrons. The largest absolute Gasteiger partial charge is 0.384 e. The van der Waals surface area contributed by atoms with Crippen LogP contribution in [-0.4, -0.2) is 5.11 Å². The molecule has 2 saturated carbocycles. The normalized spacial score (nSPS) is 26.5. The first-order valence-corrected chi connectivity index (χ1v) is 8.27. The molecule has 1 aromatic rings. The van der Waals surface area contributed by atoms with Crippen LogP contribution in [0.3, 0.4) is 0 Å². The predicted molar refractivity (Wildman–Crippen MR) is 75.3 cm³/mol. The van der Waals surface area contributed by atoms with Gasteiger partial charge in [0.1, 0.15) is 0 Å². The Balaban J connectivity index is 1.77. The first-order valence-electron chi connectivity index (χ1n) is 6.60. The van der Waals surface area contributed by atoms with E-state index in [1.165, 1.54) is 38.5 Å². The Morgan fingerprint density at radius 3 is 2.24 bits per heavy atom. The Kier molecular flexibility index (Phi) is 3.12. The number of thiophene rings is 1. The summed E-state index contributed by atoms with van der Waals surface area (Å²) >= 11 is 5.25. The van der Waals surface area contributed by atoms with E-state index in [2.05, 4.69) is 27.4 Å². The molecule has 3 rings (SSSR count). The van der Waals surface area contributed by atoms with Gasteiger partial charge in [-0.25, -0.2) is 0 Å². The average Bonchev–Trinajstić information content (AvgIpc) is 2.94. The van der Waals surface area contributed by atoms with Gasteiger partial charge in [0.25, 0.3) is 0 Å². The maximum Gasteiger partial charge on any atom is 0.0999 e. The minimum absolute atomic E-state index is 0.555. The highest BCUT2D eigenvalue weighted by atomic mass is 79.9. The molecule has 2 fully saturated rings. The van der Waals surface area contributed by atoms with Gasteiger partial charge < -0.3 is 5.11 Å². The van der Waals surface area contributed by atoms with Crippen molar-refractivity contribution in [2.75, 3.05) is 0 Å². The fraction of sp³-hybridized carbons (Fsp3) is 0.714. The van der Waals surface area contributed by atoms with Crippen molar-refractivity contribution in [3.05, 3.63) is 20.8 Å². The summed E-state index contributed by atoms with van der Waals surface area (Å²) in [6, 6.07) is 2.05. The molecule has 0 amide bonds. The summed E-state index contributed by atoms with van der Waals surface area (Å²) in [5.41, 5.74) is 0.0385. The van der Waals surface area contributed by atoms with E-state index in [1.54, 1.807) is 11.3 Å². The van der Waals surface area contributed by atoms with Gasteiger partial charge in [-0.05, 0) is 71.3 Å². The number of hydrogen-bond donors (Lipinski definition) is 1. The lowest BCUT2D eigenvalue weighted by molar-refractivity contribution is -0.0352. The van der Waals surface area contributed by atoms with Crippen LogP contribution in [0.5, 0.6) is 0 Å². The zero-order chi connectivity index (χ0) is 11.9. The monoisotopic (exact) mass is 314 g/mol. The number of hydrogen-bond acceptors (Lipinski definition) is 2. The van der Waals surface area contributed by atoms with Gasteiger partial charge in [-0.15, -0.1) is 11.3 Å². The third kappa shape index (κ3) is 2.11. The average molecular weight is 315 g/mol. The molecule has 2 aliphatic rings. The Morgan fingerprint density at radius 2 is 1.71 bits per heavy atom.